The van der Waals surface area contributed by atoms with Crippen LogP contribution in [0.3, 0.4) is 0 Å². The fourth-order valence-corrected chi connectivity index (χ4v) is 4.06. The van der Waals surface area contributed by atoms with Crippen LogP contribution in [0.1, 0.15) is 12.6 Å². The molecule has 2 heterocycles. The number of tetrazole rings is 1. The highest BCUT2D eigenvalue weighted by Crippen LogP contribution is 2.25. The lowest BCUT2D eigenvalue weighted by atomic mass is 10.2. The molecule has 170 valence electrons. The van der Waals surface area contributed by atoms with Gasteiger partial charge in [-0.05, 0) is 61.5 Å². The van der Waals surface area contributed by atoms with Crippen LogP contribution < -0.4 is 15.4 Å². The maximum absolute atomic E-state index is 14.1. The van der Waals surface area contributed by atoms with Gasteiger partial charge in [0.1, 0.15) is 11.6 Å². The number of nitrogens with one attached hydrogen (secondary N) is 4. The highest BCUT2D eigenvalue weighted by molar-refractivity contribution is 7.92. The van der Waals surface area contributed by atoms with E-state index in [9.17, 15) is 12.8 Å². The van der Waals surface area contributed by atoms with Gasteiger partial charge in [-0.25, -0.2) is 17.8 Å². The molecule has 0 fully saturated rings. The van der Waals surface area contributed by atoms with Gasteiger partial charge in [0.25, 0.3) is 10.0 Å². The van der Waals surface area contributed by atoms with E-state index in [2.05, 4.69) is 45.9 Å². The molecular formula is C20H20FN9O2S. The van der Waals surface area contributed by atoms with E-state index >= 15 is 0 Å². The number of aryl methyl sites for hydroxylation is 1. The molecule has 0 aliphatic heterocycles. The number of nitrogens with zero attached hydrogens (tertiary/aromatic N) is 5. The average Bonchev–Trinajstić information content (AvgIpc) is 3.30. The molecule has 33 heavy (non-hydrogen) atoms. The van der Waals surface area contributed by atoms with Crippen molar-refractivity contribution in [1.29, 1.82) is 0 Å². The fourth-order valence-electron chi connectivity index (χ4n) is 2.97. The molecule has 0 spiro atoms. The van der Waals surface area contributed by atoms with Gasteiger partial charge in [-0.2, -0.15) is 10.2 Å². The number of aromatic amines is 1. The number of halogens is 1. The number of anilines is 4. The van der Waals surface area contributed by atoms with Crippen molar-refractivity contribution in [1.82, 2.24) is 30.6 Å². The van der Waals surface area contributed by atoms with Gasteiger partial charge >= 0.3 is 0 Å². The summed E-state index contributed by atoms with van der Waals surface area (Å²) in [5.41, 5.74) is 1.76. The third kappa shape index (κ3) is 5.20. The van der Waals surface area contributed by atoms with Gasteiger partial charge < -0.3 is 10.6 Å². The molecule has 0 aliphatic rings. The van der Waals surface area contributed by atoms with Gasteiger partial charge in [0.15, 0.2) is 0 Å². The molecule has 2 aromatic carbocycles. The Morgan fingerprint density at radius 1 is 1.03 bits per heavy atom. The summed E-state index contributed by atoms with van der Waals surface area (Å²) >= 11 is 0. The van der Waals surface area contributed by atoms with Crippen LogP contribution in [0.5, 0.6) is 0 Å². The molecular weight excluding hydrogens is 449 g/mol. The van der Waals surface area contributed by atoms with Crippen molar-refractivity contribution in [2.45, 2.75) is 18.7 Å². The van der Waals surface area contributed by atoms with E-state index in [0.29, 0.717) is 29.7 Å². The first-order valence-electron chi connectivity index (χ1n) is 9.87. The number of hydrogen-bond acceptors (Lipinski definition) is 9. The summed E-state index contributed by atoms with van der Waals surface area (Å²) in [4.78, 5) is 8.54. The van der Waals surface area contributed by atoms with Crippen LogP contribution in [0.2, 0.25) is 0 Å². The lowest BCUT2D eigenvalue weighted by Gasteiger charge is -2.11. The van der Waals surface area contributed by atoms with E-state index in [1.165, 1.54) is 0 Å². The molecule has 0 aliphatic carbocycles. The second kappa shape index (κ2) is 9.16. The zero-order valence-electron chi connectivity index (χ0n) is 17.7. The van der Waals surface area contributed by atoms with Gasteiger partial charge in [-0.3, -0.25) is 4.72 Å². The first-order valence-corrected chi connectivity index (χ1v) is 11.3. The van der Waals surface area contributed by atoms with E-state index in [1.54, 1.807) is 30.3 Å². The predicted molar refractivity (Wildman–Crippen MR) is 121 cm³/mol. The third-order valence-electron chi connectivity index (χ3n) is 4.43. The van der Waals surface area contributed by atoms with Crippen LogP contribution in [-0.4, -0.2) is 45.6 Å². The molecule has 4 aromatic rings. The molecule has 11 nitrogen and oxygen atoms in total. The molecule has 13 heteroatoms. The van der Waals surface area contributed by atoms with Gasteiger partial charge in [0, 0.05) is 29.7 Å². The van der Waals surface area contributed by atoms with Crippen molar-refractivity contribution in [2.75, 3.05) is 21.9 Å². The van der Waals surface area contributed by atoms with Crippen molar-refractivity contribution in [3.05, 3.63) is 60.0 Å². The lowest BCUT2D eigenvalue weighted by Crippen LogP contribution is -2.13. The Labute approximate surface area is 188 Å². The molecule has 0 radical (unpaired) electrons. The Morgan fingerprint density at radius 3 is 2.48 bits per heavy atom. The molecule has 0 saturated heterocycles. The Kier molecular flexibility index (Phi) is 6.13. The van der Waals surface area contributed by atoms with E-state index in [-0.39, 0.29) is 16.3 Å². The predicted octanol–water partition coefficient (Wildman–Crippen LogP) is 3.08. The minimum Gasteiger partial charge on any atom is -0.354 e. The van der Waals surface area contributed by atoms with Crippen LogP contribution in [0.25, 0.3) is 11.4 Å². The quantitative estimate of drug-likeness (QED) is 0.305. The molecule has 0 saturated carbocycles. The molecule has 0 atom stereocenters. The van der Waals surface area contributed by atoms with Gasteiger partial charge in [-0.1, -0.05) is 0 Å². The standard InChI is InChI=1S/C20H20FN9O2S/c1-3-22-20-23-12(2)10-18(25-20)24-13-4-6-14(7-5-13)28-33(31,32)15-8-9-17(21)16(11-15)19-26-29-30-27-19/h4-11,28H,3H2,1-2H3,(H2,22,23,24,25)(H,26,27,29,30). The van der Waals surface area contributed by atoms with Crippen molar-refractivity contribution < 1.29 is 12.8 Å². The summed E-state index contributed by atoms with van der Waals surface area (Å²) < 4.78 is 42.2. The van der Waals surface area contributed by atoms with Crippen molar-refractivity contribution in [3.63, 3.8) is 0 Å². The van der Waals surface area contributed by atoms with E-state index in [4.69, 9.17) is 0 Å². The SMILES string of the molecule is CCNc1nc(C)cc(Nc2ccc(NS(=O)(=O)c3ccc(F)c(-c4nn[nH]n4)c3)cc2)n1. The second-order valence-corrected chi connectivity index (χ2v) is 8.62. The van der Waals surface area contributed by atoms with Crippen LogP contribution in [0, 0.1) is 12.7 Å². The summed E-state index contributed by atoms with van der Waals surface area (Å²) in [5, 5.41) is 19.2. The Hall–Kier alpha value is -4.13. The summed E-state index contributed by atoms with van der Waals surface area (Å²) in [7, 11) is -3.99. The number of sulfonamides is 1. The Morgan fingerprint density at radius 2 is 1.79 bits per heavy atom. The summed E-state index contributed by atoms with van der Waals surface area (Å²) in [6, 6.07) is 11.8. The maximum atomic E-state index is 14.1. The maximum Gasteiger partial charge on any atom is 0.261 e. The molecule has 4 N–H and O–H groups in total. The first-order chi connectivity index (χ1) is 15.8. The van der Waals surface area contributed by atoms with E-state index in [0.717, 1.165) is 23.9 Å². The monoisotopic (exact) mass is 469 g/mol. The summed E-state index contributed by atoms with van der Waals surface area (Å²) in [5.74, 6) is 0.413. The number of rotatable bonds is 8. The van der Waals surface area contributed by atoms with Gasteiger partial charge in [0.2, 0.25) is 11.8 Å². The van der Waals surface area contributed by atoms with Gasteiger partial charge in [-0.15, -0.1) is 10.2 Å². The summed E-state index contributed by atoms with van der Waals surface area (Å²) in [6.07, 6.45) is 0. The molecule has 4 rings (SSSR count). The van der Waals surface area contributed by atoms with Crippen molar-refractivity contribution >= 4 is 33.2 Å². The topological polar surface area (TPSA) is 150 Å². The molecule has 0 bridgehead atoms. The number of benzene rings is 2. The van der Waals surface area contributed by atoms with Crippen LogP contribution in [0.4, 0.5) is 27.5 Å². The van der Waals surface area contributed by atoms with E-state index in [1.807, 2.05) is 13.8 Å². The molecule has 0 unspecified atom stereocenters. The molecule has 2 aromatic heterocycles. The zero-order valence-corrected chi connectivity index (χ0v) is 18.5. The first kappa shape index (κ1) is 22.1. The highest BCUT2D eigenvalue weighted by atomic mass is 32.2. The van der Waals surface area contributed by atoms with Crippen molar-refractivity contribution in [3.8, 4) is 11.4 Å². The number of aromatic nitrogens is 6. The average molecular weight is 470 g/mol. The van der Waals surface area contributed by atoms with E-state index < -0.39 is 15.8 Å². The van der Waals surface area contributed by atoms with Crippen molar-refractivity contribution in [2.24, 2.45) is 0 Å². The van der Waals surface area contributed by atoms with Gasteiger partial charge in [0.05, 0.1) is 10.5 Å². The third-order valence-corrected chi connectivity index (χ3v) is 5.81. The largest absolute Gasteiger partial charge is 0.354 e. The fraction of sp³-hybridized carbons (Fsp3) is 0.150. The number of H-pyrrole nitrogens is 1. The molecule has 0 amide bonds. The minimum absolute atomic E-state index is 0.0442. The Bertz CT molecular complexity index is 1360. The smallest absolute Gasteiger partial charge is 0.261 e. The van der Waals surface area contributed by atoms with Crippen LogP contribution >= 0.6 is 0 Å². The summed E-state index contributed by atoms with van der Waals surface area (Å²) in [6.45, 7) is 4.52. The zero-order chi connectivity index (χ0) is 23.4. The minimum atomic E-state index is -3.99. The highest BCUT2D eigenvalue weighted by Gasteiger charge is 2.19. The number of hydrogen-bond donors (Lipinski definition) is 4. The van der Waals surface area contributed by atoms with Crippen LogP contribution in [-0.2, 0) is 10.0 Å². The second-order valence-electron chi connectivity index (χ2n) is 6.93. The Balaban J connectivity index is 1.51. The normalized spacial score (nSPS) is 11.2. The van der Waals surface area contributed by atoms with Crippen LogP contribution in [0.15, 0.2) is 53.4 Å². The lowest BCUT2D eigenvalue weighted by molar-refractivity contribution is 0.600.